The molecule has 2 saturated heterocycles. The third-order valence-corrected chi connectivity index (χ3v) is 6.72. The van der Waals surface area contributed by atoms with E-state index >= 15 is 0 Å². The quantitative estimate of drug-likeness (QED) is 0.764. The molecular formula is C24H32N4O2. The fourth-order valence-corrected chi connectivity index (χ4v) is 5.08. The van der Waals surface area contributed by atoms with Crippen molar-refractivity contribution < 1.29 is 9.53 Å². The van der Waals surface area contributed by atoms with Crippen molar-refractivity contribution in [3.8, 4) is 5.75 Å². The summed E-state index contributed by atoms with van der Waals surface area (Å²) in [6.45, 7) is 7.79. The van der Waals surface area contributed by atoms with Crippen LogP contribution in [0.4, 0.5) is 5.95 Å². The van der Waals surface area contributed by atoms with Gasteiger partial charge in [-0.3, -0.25) is 4.79 Å². The molecule has 30 heavy (non-hydrogen) atoms. The number of anilines is 1. The standard InChI is InChI=1S/C24H32N4O2/c1-17-15-18(2)26-23(25-17)27-14-13-24(3)21(27)7-5-6-8-22(29)28(24)16-19-9-11-20(30-4)12-10-19/h9-12,15,21H,5-8,13-14,16H2,1-4H3/t21-,24-/m1/s1. The Bertz CT molecular complexity index is 894. The number of hydrogen-bond donors (Lipinski definition) is 0. The summed E-state index contributed by atoms with van der Waals surface area (Å²) in [4.78, 5) is 27.2. The number of hydrogen-bond acceptors (Lipinski definition) is 5. The van der Waals surface area contributed by atoms with Crippen LogP contribution in [0.3, 0.4) is 0 Å². The lowest BCUT2D eigenvalue weighted by Crippen LogP contribution is -2.57. The van der Waals surface area contributed by atoms with E-state index in [2.05, 4.69) is 28.9 Å². The van der Waals surface area contributed by atoms with Crippen molar-refractivity contribution in [3.63, 3.8) is 0 Å². The average molecular weight is 409 g/mol. The summed E-state index contributed by atoms with van der Waals surface area (Å²) < 4.78 is 5.29. The van der Waals surface area contributed by atoms with Gasteiger partial charge < -0.3 is 14.5 Å². The van der Waals surface area contributed by atoms with E-state index in [1.54, 1.807) is 7.11 Å². The molecule has 6 nitrogen and oxygen atoms in total. The van der Waals surface area contributed by atoms with Gasteiger partial charge in [0.05, 0.1) is 18.7 Å². The number of benzene rings is 1. The van der Waals surface area contributed by atoms with Crippen LogP contribution in [-0.2, 0) is 11.3 Å². The van der Waals surface area contributed by atoms with E-state index in [0.29, 0.717) is 13.0 Å². The molecule has 2 aliphatic heterocycles. The van der Waals surface area contributed by atoms with Gasteiger partial charge in [-0.15, -0.1) is 0 Å². The Morgan fingerprint density at radius 1 is 1.13 bits per heavy atom. The number of methoxy groups -OCH3 is 1. The van der Waals surface area contributed by atoms with E-state index in [0.717, 1.165) is 60.9 Å². The minimum absolute atomic E-state index is 0.223. The molecule has 6 heteroatoms. The molecule has 0 radical (unpaired) electrons. The number of fused-ring (bicyclic) bond motifs is 1. The molecule has 1 aromatic carbocycles. The van der Waals surface area contributed by atoms with Gasteiger partial charge in [0, 0.05) is 30.9 Å². The van der Waals surface area contributed by atoms with Crippen LogP contribution in [0.15, 0.2) is 30.3 Å². The molecule has 160 valence electrons. The Kier molecular flexibility index (Phi) is 5.67. The summed E-state index contributed by atoms with van der Waals surface area (Å²) in [6.07, 6.45) is 4.60. The van der Waals surface area contributed by atoms with E-state index in [-0.39, 0.29) is 17.5 Å². The molecule has 2 aromatic rings. The third-order valence-electron chi connectivity index (χ3n) is 6.72. The summed E-state index contributed by atoms with van der Waals surface area (Å²) in [5.74, 6) is 1.89. The van der Waals surface area contributed by atoms with Gasteiger partial charge in [0.15, 0.2) is 0 Å². The van der Waals surface area contributed by atoms with E-state index in [9.17, 15) is 4.79 Å². The number of aromatic nitrogens is 2. The molecule has 0 unspecified atom stereocenters. The first-order chi connectivity index (χ1) is 14.4. The van der Waals surface area contributed by atoms with E-state index in [1.807, 2.05) is 32.0 Å². The monoisotopic (exact) mass is 408 g/mol. The van der Waals surface area contributed by atoms with Crippen LogP contribution < -0.4 is 9.64 Å². The van der Waals surface area contributed by atoms with Gasteiger partial charge in [0.2, 0.25) is 11.9 Å². The van der Waals surface area contributed by atoms with E-state index in [4.69, 9.17) is 14.7 Å². The van der Waals surface area contributed by atoms with E-state index < -0.39 is 0 Å². The van der Waals surface area contributed by atoms with Crippen molar-refractivity contribution >= 4 is 11.9 Å². The van der Waals surface area contributed by atoms with Crippen molar-refractivity contribution in [3.05, 3.63) is 47.3 Å². The van der Waals surface area contributed by atoms with Gasteiger partial charge in [0.25, 0.3) is 0 Å². The molecule has 3 heterocycles. The highest BCUT2D eigenvalue weighted by molar-refractivity contribution is 5.77. The van der Waals surface area contributed by atoms with Crippen molar-refractivity contribution in [2.24, 2.45) is 0 Å². The van der Waals surface area contributed by atoms with Crippen molar-refractivity contribution in [2.75, 3.05) is 18.6 Å². The maximum absolute atomic E-state index is 13.2. The first-order valence-electron chi connectivity index (χ1n) is 10.9. The second kappa shape index (κ2) is 8.25. The molecule has 1 aromatic heterocycles. The number of likely N-dealkylation sites (tertiary alicyclic amines) is 1. The predicted molar refractivity (Wildman–Crippen MR) is 118 cm³/mol. The van der Waals surface area contributed by atoms with Crippen LogP contribution in [0.5, 0.6) is 5.75 Å². The van der Waals surface area contributed by atoms with Crippen LogP contribution in [0, 0.1) is 13.8 Å². The number of amides is 1. The fraction of sp³-hybridized carbons (Fsp3) is 0.542. The topological polar surface area (TPSA) is 58.6 Å². The van der Waals surface area contributed by atoms with Crippen molar-refractivity contribution in [2.45, 2.75) is 71.0 Å². The highest BCUT2D eigenvalue weighted by Gasteiger charge is 2.50. The van der Waals surface area contributed by atoms with Crippen molar-refractivity contribution in [1.29, 1.82) is 0 Å². The fourth-order valence-electron chi connectivity index (χ4n) is 5.08. The molecular weight excluding hydrogens is 376 g/mol. The minimum atomic E-state index is -0.238. The van der Waals surface area contributed by atoms with Gasteiger partial charge >= 0.3 is 0 Å². The normalized spacial score (nSPS) is 24.4. The van der Waals surface area contributed by atoms with E-state index in [1.165, 1.54) is 0 Å². The van der Waals surface area contributed by atoms with Gasteiger partial charge in [-0.1, -0.05) is 18.6 Å². The zero-order chi connectivity index (χ0) is 21.3. The average Bonchev–Trinajstić information content (AvgIpc) is 3.04. The molecule has 2 fully saturated rings. The number of aryl methyl sites for hydroxylation is 2. The third kappa shape index (κ3) is 3.87. The zero-order valence-electron chi connectivity index (χ0n) is 18.5. The van der Waals surface area contributed by atoms with Crippen LogP contribution >= 0.6 is 0 Å². The lowest BCUT2D eigenvalue weighted by molar-refractivity contribution is -0.139. The first-order valence-corrected chi connectivity index (χ1v) is 10.9. The van der Waals surface area contributed by atoms with Gasteiger partial charge in [-0.05, 0) is 63.8 Å². The van der Waals surface area contributed by atoms with Crippen LogP contribution in [0.25, 0.3) is 0 Å². The highest BCUT2D eigenvalue weighted by Crippen LogP contribution is 2.41. The highest BCUT2D eigenvalue weighted by atomic mass is 16.5. The van der Waals surface area contributed by atoms with Gasteiger partial charge in [-0.2, -0.15) is 0 Å². The SMILES string of the molecule is COc1ccc(CN2C(=O)CCCC[C@H]3N(c4nc(C)cc(C)n4)CC[C@]32C)cc1. The molecule has 0 spiro atoms. The summed E-state index contributed by atoms with van der Waals surface area (Å²) in [5.41, 5.74) is 2.87. The Balaban J connectivity index is 1.66. The minimum Gasteiger partial charge on any atom is -0.497 e. The van der Waals surface area contributed by atoms with Gasteiger partial charge in [0.1, 0.15) is 5.75 Å². The van der Waals surface area contributed by atoms with Gasteiger partial charge in [-0.25, -0.2) is 9.97 Å². The number of carbonyl (C=O) groups excluding carboxylic acids is 1. The maximum atomic E-state index is 13.2. The van der Waals surface area contributed by atoms with Crippen LogP contribution in [0.1, 0.15) is 56.0 Å². The molecule has 2 atom stereocenters. The Morgan fingerprint density at radius 3 is 2.50 bits per heavy atom. The molecule has 1 amide bonds. The van der Waals surface area contributed by atoms with Crippen molar-refractivity contribution in [1.82, 2.24) is 14.9 Å². The number of carbonyl (C=O) groups is 1. The zero-order valence-corrected chi connectivity index (χ0v) is 18.5. The molecule has 0 N–H and O–H groups in total. The summed E-state index contributed by atoms with van der Waals surface area (Å²) in [5, 5.41) is 0. The number of nitrogens with zero attached hydrogens (tertiary/aromatic N) is 4. The Hall–Kier alpha value is -2.63. The number of ether oxygens (including phenoxy) is 1. The smallest absolute Gasteiger partial charge is 0.226 e. The summed E-state index contributed by atoms with van der Waals surface area (Å²) in [7, 11) is 1.67. The number of rotatable bonds is 4. The van der Waals surface area contributed by atoms with Crippen LogP contribution in [-0.4, -0.2) is 46.0 Å². The van der Waals surface area contributed by atoms with Crippen LogP contribution in [0.2, 0.25) is 0 Å². The maximum Gasteiger partial charge on any atom is 0.226 e. The molecule has 2 aliphatic rings. The molecule has 4 rings (SSSR count). The molecule has 0 aliphatic carbocycles. The largest absolute Gasteiger partial charge is 0.497 e. The first kappa shape index (κ1) is 20.6. The lowest BCUT2D eigenvalue weighted by Gasteiger charge is -2.45. The predicted octanol–water partition coefficient (Wildman–Crippen LogP) is 4.04. The molecule has 0 bridgehead atoms. The Labute approximate surface area is 179 Å². The lowest BCUT2D eigenvalue weighted by atomic mass is 9.84. The molecule has 0 saturated carbocycles. The second-order valence-corrected chi connectivity index (χ2v) is 8.84. The Morgan fingerprint density at radius 2 is 1.83 bits per heavy atom. The summed E-state index contributed by atoms with van der Waals surface area (Å²) >= 11 is 0. The summed E-state index contributed by atoms with van der Waals surface area (Å²) in [6, 6.07) is 10.3. The second-order valence-electron chi connectivity index (χ2n) is 8.84.